The lowest BCUT2D eigenvalue weighted by Crippen LogP contribution is -2.61. The highest BCUT2D eigenvalue weighted by atomic mass is 16.5. The molecule has 0 unspecified atom stereocenters. The first-order chi connectivity index (χ1) is 16.9. The maximum Gasteiger partial charge on any atom is 0.426 e. The highest BCUT2D eigenvalue weighted by molar-refractivity contribution is 5.89. The highest BCUT2D eigenvalue weighted by Crippen LogP contribution is 2.23. The number of ether oxygens (including phenoxy) is 1. The maximum atomic E-state index is 13.0. The fourth-order valence-electron chi connectivity index (χ4n) is 4.28. The predicted octanol–water partition coefficient (Wildman–Crippen LogP) is 3.06. The van der Waals surface area contributed by atoms with Crippen molar-refractivity contribution in [1.29, 1.82) is 0 Å². The molecule has 0 aliphatic carbocycles. The molecule has 3 N–H and O–H groups in total. The van der Waals surface area contributed by atoms with Crippen molar-refractivity contribution in [3.8, 4) is 5.75 Å². The first-order valence-corrected chi connectivity index (χ1v) is 11.2. The number of para-hydroxylation sites is 1. The minimum Gasteiger partial charge on any atom is -0.489 e. The first kappa shape index (κ1) is 24.0. The Hall–Kier alpha value is -4.18. The second-order valence-corrected chi connectivity index (χ2v) is 8.33. The van der Waals surface area contributed by atoms with Crippen LogP contribution in [0.1, 0.15) is 29.7 Å². The summed E-state index contributed by atoms with van der Waals surface area (Å²) >= 11 is 0. The fourth-order valence-corrected chi connectivity index (χ4v) is 4.28. The second-order valence-electron chi connectivity index (χ2n) is 8.33. The van der Waals surface area contributed by atoms with Crippen molar-refractivity contribution >= 4 is 28.8 Å². The minimum atomic E-state index is -1.34. The third-order valence-electron chi connectivity index (χ3n) is 5.89. The van der Waals surface area contributed by atoms with Crippen LogP contribution in [-0.2, 0) is 22.6 Å². The molecule has 182 valence electrons. The second kappa shape index (κ2) is 10.4. The van der Waals surface area contributed by atoms with E-state index < -0.39 is 23.9 Å². The van der Waals surface area contributed by atoms with Gasteiger partial charge in [0, 0.05) is 23.2 Å². The van der Waals surface area contributed by atoms with Crippen molar-refractivity contribution < 1.29 is 29.4 Å². The number of pyridine rings is 1. The number of rotatable bonds is 6. The van der Waals surface area contributed by atoms with Crippen LogP contribution in [0.3, 0.4) is 0 Å². The standard InChI is InChI=1S/C25H26N4O6/c1-16-13-18(20-5-2-3-6-21(20)26-16)15-35-19-10-8-17(9-11-19)14-23(30)29-22(24(31)27-34)7-4-12-28(29)25(32)33/h2-3,5-6,8-11,13,22,34H,4,7,12,14-15H2,1H3,(H,27,31)(H,32,33)/t22-/m1/s1. The molecule has 1 aliphatic heterocycles. The zero-order chi connectivity index (χ0) is 24.9. The zero-order valence-electron chi connectivity index (χ0n) is 19.2. The molecule has 1 saturated heterocycles. The van der Waals surface area contributed by atoms with Crippen molar-refractivity contribution in [3.05, 3.63) is 71.4 Å². The molecule has 2 aromatic carbocycles. The number of benzene rings is 2. The van der Waals surface area contributed by atoms with Crippen LogP contribution in [0, 0.1) is 6.92 Å². The molecule has 3 aromatic rings. The van der Waals surface area contributed by atoms with Gasteiger partial charge in [0.25, 0.3) is 5.91 Å². The lowest BCUT2D eigenvalue weighted by molar-refractivity contribution is -0.164. The van der Waals surface area contributed by atoms with Gasteiger partial charge in [-0.1, -0.05) is 30.3 Å². The van der Waals surface area contributed by atoms with Crippen LogP contribution < -0.4 is 10.2 Å². The van der Waals surface area contributed by atoms with E-state index >= 15 is 0 Å². The molecule has 1 aromatic heterocycles. The van der Waals surface area contributed by atoms with Crippen molar-refractivity contribution in [1.82, 2.24) is 20.5 Å². The molecule has 10 heteroatoms. The molecular weight excluding hydrogens is 452 g/mol. The van der Waals surface area contributed by atoms with Crippen LogP contribution in [-0.4, -0.2) is 55.8 Å². The summed E-state index contributed by atoms with van der Waals surface area (Å²) in [6.07, 6.45) is -0.811. The Morgan fingerprint density at radius 1 is 1.14 bits per heavy atom. The van der Waals surface area contributed by atoms with E-state index in [9.17, 15) is 19.5 Å². The number of carboxylic acid groups (broad SMARTS) is 1. The summed E-state index contributed by atoms with van der Waals surface area (Å²) in [6.45, 7) is 2.37. The summed E-state index contributed by atoms with van der Waals surface area (Å²) in [5.41, 5.74) is 4.97. The number of carbonyl (C=O) groups is 3. The number of nitrogens with zero attached hydrogens (tertiary/aromatic N) is 3. The van der Waals surface area contributed by atoms with Crippen LogP contribution >= 0.6 is 0 Å². The molecule has 1 aliphatic rings. The third kappa shape index (κ3) is 5.33. The molecule has 35 heavy (non-hydrogen) atoms. The lowest BCUT2D eigenvalue weighted by atomic mass is 10.1. The molecule has 0 bridgehead atoms. The lowest BCUT2D eigenvalue weighted by Gasteiger charge is -2.41. The Labute approximate surface area is 201 Å². The van der Waals surface area contributed by atoms with E-state index in [4.69, 9.17) is 9.94 Å². The number of amides is 3. The number of carbonyl (C=O) groups excluding carboxylic acids is 2. The van der Waals surface area contributed by atoms with E-state index in [-0.39, 0.29) is 19.4 Å². The molecule has 10 nitrogen and oxygen atoms in total. The third-order valence-corrected chi connectivity index (χ3v) is 5.89. The van der Waals surface area contributed by atoms with E-state index in [0.29, 0.717) is 24.3 Å². The Bertz CT molecular complexity index is 1250. The Morgan fingerprint density at radius 2 is 1.89 bits per heavy atom. The Morgan fingerprint density at radius 3 is 2.60 bits per heavy atom. The molecule has 2 heterocycles. The number of fused-ring (bicyclic) bond motifs is 1. The molecule has 4 rings (SSSR count). The monoisotopic (exact) mass is 478 g/mol. The summed E-state index contributed by atoms with van der Waals surface area (Å²) in [7, 11) is 0. The average Bonchev–Trinajstić information content (AvgIpc) is 2.86. The topological polar surface area (TPSA) is 132 Å². The number of hydrogen-bond donors (Lipinski definition) is 3. The summed E-state index contributed by atoms with van der Waals surface area (Å²) in [5.74, 6) is -0.776. The number of hydrazine groups is 1. The van der Waals surface area contributed by atoms with Crippen molar-refractivity contribution in [2.24, 2.45) is 0 Å². The van der Waals surface area contributed by atoms with E-state index in [2.05, 4.69) is 4.98 Å². The van der Waals surface area contributed by atoms with Crippen LogP contribution in [0.2, 0.25) is 0 Å². The van der Waals surface area contributed by atoms with E-state index in [1.54, 1.807) is 24.3 Å². The minimum absolute atomic E-state index is 0.0895. The van der Waals surface area contributed by atoms with E-state index in [1.807, 2.05) is 37.3 Å². The predicted molar refractivity (Wildman–Crippen MR) is 125 cm³/mol. The van der Waals surface area contributed by atoms with E-state index in [0.717, 1.165) is 32.2 Å². The van der Waals surface area contributed by atoms with Gasteiger partial charge in [-0.15, -0.1) is 0 Å². The molecule has 1 fully saturated rings. The van der Waals surface area contributed by atoms with Gasteiger partial charge in [-0.2, -0.15) is 0 Å². The van der Waals surface area contributed by atoms with Gasteiger partial charge in [-0.25, -0.2) is 20.3 Å². The van der Waals surface area contributed by atoms with E-state index in [1.165, 1.54) is 5.48 Å². The summed E-state index contributed by atoms with van der Waals surface area (Å²) in [6, 6.07) is 15.7. The van der Waals surface area contributed by atoms with Crippen molar-refractivity contribution in [2.75, 3.05) is 6.54 Å². The maximum absolute atomic E-state index is 13.0. The van der Waals surface area contributed by atoms with Gasteiger partial charge in [-0.05, 0) is 49.6 Å². The van der Waals surface area contributed by atoms with Crippen molar-refractivity contribution in [3.63, 3.8) is 0 Å². The van der Waals surface area contributed by atoms with Gasteiger partial charge < -0.3 is 9.84 Å². The van der Waals surface area contributed by atoms with Gasteiger partial charge in [0.1, 0.15) is 18.4 Å². The SMILES string of the molecule is Cc1cc(COc2ccc(CC(=O)N3[C@@H](C(=O)NO)CCCN3C(=O)O)cc2)c2ccccc2n1. The van der Waals surface area contributed by atoms with Crippen LogP contribution in [0.25, 0.3) is 10.9 Å². The average molecular weight is 479 g/mol. The quantitative estimate of drug-likeness (QED) is 0.366. The Kier molecular flexibility index (Phi) is 7.11. The summed E-state index contributed by atoms with van der Waals surface area (Å²) < 4.78 is 5.95. The molecular formula is C25H26N4O6. The number of aryl methyl sites for hydroxylation is 1. The number of hydroxylamine groups is 1. The van der Waals surface area contributed by atoms with Crippen LogP contribution in [0.4, 0.5) is 4.79 Å². The smallest absolute Gasteiger partial charge is 0.426 e. The van der Waals surface area contributed by atoms with Gasteiger partial charge >= 0.3 is 6.09 Å². The molecule has 0 radical (unpaired) electrons. The van der Waals surface area contributed by atoms with Gasteiger partial charge in [0.15, 0.2) is 0 Å². The Balaban J connectivity index is 1.44. The van der Waals surface area contributed by atoms with Crippen molar-refractivity contribution in [2.45, 2.75) is 38.8 Å². The van der Waals surface area contributed by atoms with Gasteiger partial charge in [-0.3, -0.25) is 19.8 Å². The van der Waals surface area contributed by atoms with Crippen LogP contribution in [0.5, 0.6) is 5.75 Å². The summed E-state index contributed by atoms with van der Waals surface area (Å²) in [4.78, 5) is 41.2. The van der Waals surface area contributed by atoms with Gasteiger partial charge in [0.2, 0.25) is 5.91 Å². The molecule has 3 amide bonds. The normalized spacial score (nSPS) is 15.7. The summed E-state index contributed by atoms with van der Waals surface area (Å²) in [5, 5.41) is 21.3. The number of hydrogen-bond acceptors (Lipinski definition) is 6. The molecule has 0 spiro atoms. The zero-order valence-corrected chi connectivity index (χ0v) is 19.2. The van der Waals surface area contributed by atoms with Gasteiger partial charge in [0.05, 0.1) is 11.9 Å². The molecule has 1 atom stereocenters. The van der Waals surface area contributed by atoms with Crippen LogP contribution in [0.15, 0.2) is 54.6 Å². The molecule has 0 saturated carbocycles. The fraction of sp³-hybridized carbons (Fsp3) is 0.280. The first-order valence-electron chi connectivity index (χ1n) is 11.2. The largest absolute Gasteiger partial charge is 0.489 e. The number of aromatic nitrogens is 1. The number of nitrogens with one attached hydrogen (secondary N) is 1. The highest BCUT2D eigenvalue weighted by Gasteiger charge is 2.39.